The van der Waals surface area contributed by atoms with Crippen LogP contribution in [0.1, 0.15) is 55.3 Å². The molecule has 4 aliphatic carbocycles. The van der Waals surface area contributed by atoms with Crippen molar-refractivity contribution in [3.63, 3.8) is 0 Å². The van der Waals surface area contributed by atoms with Crippen LogP contribution in [-0.2, 0) is 11.8 Å². The number of benzene rings is 1. The van der Waals surface area contributed by atoms with Crippen molar-refractivity contribution in [3.8, 4) is 0 Å². The Kier molecular flexibility index (Phi) is 5.97. The first-order valence-corrected chi connectivity index (χ1v) is 12.6. The molecular formula is C24H31N5O2S. The maximum atomic E-state index is 12.7. The molecule has 32 heavy (non-hydrogen) atoms. The monoisotopic (exact) mass is 453 g/mol. The minimum Gasteiger partial charge on any atom is -0.352 e. The lowest BCUT2D eigenvalue weighted by atomic mass is 9.49. The van der Waals surface area contributed by atoms with Gasteiger partial charge < -0.3 is 15.2 Å². The van der Waals surface area contributed by atoms with Crippen molar-refractivity contribution in [3.05, 3.63) is 36.2 Å². The third-order valence-electron chi connectivity index (χ3n) is 7.52. The van der Waals surface area contributed by atoms with Gasteiger partial charge in [-0.25, -0.2) is 0 Å². The number of nitrogens with one attached hydrogen (secondary N) is 2. The number of aromatic nitrogens is 3. The summed E-state index contributed by atoms with van der Waals surface area (Å²) in [6.45, 7) is 0.732. The highest BCUT2D eigenvalue weighted by Gasteiger charge is 2.50. The zero-order valence-corrected chi connectivity index (χ0v) is 19.4. The van der Waals surface area contributed by atoms with Crippen LogP contribution in [-0.4, -0.2) is 38.9 Å². The van der Waals surface area contributed by atoms with E-state index in [-0.39, 0.29) is 17.6 Å². The van der Waals surface area contributed by atoms with Crippen LogP contribution >= 0.6 is 11.8 Å². The Morgan fingerprint density at radius 2 is 1.88 bits per heavy atom. The van der Waals surface area contributed by atoms with Gasteiger partial charge in [0.2, 0.25) is 5.91 Å². The maximum absolute atomic E-state index is 12.7. The lowest BCUT2D eigenvalue weighted by molar-refractivity contribution is -0.113. The molecule has 2 amide bonds. The van der Waals surface area contributed by atoms with Crippen LogP contribution in [0.3, 0.4) is 0 Å². The number of thioether (sulfide) groups is 1. The molecule has 4 fully saturated rings. The fraction of sp³-hybridized carbons (Fsp3) is 0.583. The summed E-state index contributed by atoms with van der Waals surface area (Å²) in [5.74, 6) is 2.82. The molecule has 1 aromatic heterocycles. The van der Waals surface area contributed by atoms with Gasteiger partial charge >= 0.3 is 0 Å². The zero-order valence-electron chi connectivity index (χ0n) is 18.5. The van der Waals surface area contributed by atoms with Gasteiger partial charge in [-0.3, -0.25) is 9.59 Å². The van der Waals surface area contributed by atoms with Crippen molar-refractivity contribution in [2.75, 3.05) is 17.6 Å². The van der Waals surface area contributed by atoms with Gasteiger partial charge in [-0.05, 0) is 86.3 Å². The fourth-order valence-electron chi connectivity index (χ4n) is 6.61. The van der Waals surface area contributed by atoms with Gasteiger partial charge in [0.05, 0.1) is 5.75 Å². The molecule has 1 heterocycles. The molecule has 4 bridgehead atoms. The summed E-state index contributed by atoms with van der Waals surface area (Å²) in [7, 11) is 1.84. The zero-order chi connectivity index (χ0) is 22.1. The first kappa shape index (κ1) is 21.5. The Morgan fingerprint density at radius 1 is 1.16 bits per heavy atom. The average Bonchev–Trinajstić information content (AvgIpc) is 3.16. The molecule has 7 nitrogen and oxygen atoms in total. The number of amides is 2. The van der Waals surface area contributed by atoms with Crippen LogP contribution in [0.2, 0.25) is 0 Å². The molecule has 4 aliphatic rings. The Labute approximate surface area is 193 Å². The molecule has 0 atom stereocenters. The number of hydrogen-bond acceptors (Lipinski definition) is 5. The van der Waals surface area contributed by atoms with Gasteiger partial charge in [-0.2, -0.15) is 0 Å². The van der Waals surface area contributed by atoms with Gasteiger partial charge in [0.15, 0.2) is 5.16 Å². The third kappa shape index (κ3) is 4.70. The lowest BCUT2D eigenvalue weighted by Crippen LogP contribution is -2.47. The van der Waals surface area contributed by atoms with Gasteiger partial charge in [-0.1, -0.05) is 17.8 Å². The number of carbonyl (C=O) groups excluding carboxylic acids is 2. The SMILES string of the molecule is Cn1cnnc1SCC(=O)Nc1cccc(C(=O)NCCC23CC4CC(CC(C4)C2)C3)c1. The van der Waals surface area contributed by atoms with E-state index < -0.39 is 0 Å². The normalized spacial score (nSPS) is 28.0. The van der Waals surface area contributed by atoms with Gasteiger partial charge in [0.25, 0.3) is 5.91 Å². The fourth-order valence-corrected chi connectivity index (χ4v) is 7.30. The summed E-state index contributed by atoms with van der Waals surface area (Å²) in [5.41, 5.74) is 1.68. The molecule has 0 aliphatic heterocycles. The molecule has 0 unspecified atom stereocenters. The largest absolute Gasteiger partial charge is 0.352 e. The van der Waals surface area contributed by atoms with Gasteiger partial charge in [0, 0.05) is 24.8 Å². The Bertz CT molecular complexity index is 968. The van der Waals surface area contributed by atoms with Gasteiger partial charge in [-0.15, -0.1) is 10.2 Å². The van der Waals surface area contributed by atoms with Crippen molar-refractivity contribution >= 4 is 29.3 Å². The number of carbonyl (C=O) groups is 2. The predicted octanol–water partition coefficient (Wildman–Crippen LogP) is 3.88. The van der Waals surface area contributed by atoms with E-state index in [1.54, 1.807) is 35.2 Å². The van der Waals surface area contributed by atoms with Crippen molar-refractivity contribution in [2.24, 2.45) is 30.2 Å². The summed E-state index contributed by atoms with van der Waals surface area (Å²) < 4.78 is 1.77. The van der Waals surface area contributed by atoms with Crippen molar-refractivity contribution in [1.29, 1.82) is 0 Å². The topological polar surface area (TPSA) is 88.9 Å². The van der Waals surface area contributed by atoms with Crippen LogP contribution in [0.15, 0.2) is 35.7 Å². The summed E-state index contributed by atoms with van der Waals surface area (Å²) in [4.78, 5) is 25.0. The smallest absolute Gasteiger partial charge is 0.251 e. The van der Waals surface area contributed by atoms with Gasteiger partial charge in [0.1, 0.15) is 6.33 Å². The van der Waals surface area contributed by atoms with E-state index in [0.717, 1.165) is 30.7 Å². The van der Waals surface area contributed by atoms with Crippen molar-refractivity contribution in [1.82, 2.24) is 20.1 Å². The minimum absolute atomic E-state index is 0.0701. The first-order valence-electron chi connectivity index (χ1n) is 11.6. The number of aryl methyl sites for hydroxylation is 1. The molecule has 1 aromatic carbocycles. The Morgan fingerprint density at radius 3 is 2.53 bits per heavy atom. The molecular weight excluding hydrogens is 422 g/mol. The summed E-state index contributed by atoms with van der Waals surface area (Å²) >= 11 is 1.32. The number of rotatable bonds is 8. The van der Waals surface area contributed by atoms with E-state index in [4.69, 9.17) is 0 Å². The van der Waals surface area contributed by atoms with Crippen molar-refractivity contribution < 1.29 is 9.59 Å². The first-order chi connectivity index (χ1) is 15.5. The second-order valence-electron chi connectivity index (χ2n) is 10.1. The van der Waals surface area contributed by atoms with E-state index in [0.29, 0.717) is 21.8 Å². The summed E-state index contributed by atoms with van der Waals surface area (Å²) in [6, 6.07) is 7.14. The second-order valence-corrected chi connectivity index (χ2v) is 11.0. The molecule has 4 saturated carbocycles. The molecule has 2 N–H and O–H groups in total. The highest BCUT2D eigenvalue weighted by Crippen LogP contribution is 2.61. The molecule has 0 saturated heterocycles. The van der Waals surface area contributed by atoms with Crippen LogP contribution in [0.4, 0.5) is 5.69 Å². The van der Waals surface area contributed by atoms with Crippen LogP contribution in [0.25, 0.3) is 0 Å². The highest BCUT2D eigenvalue weighted by atomic mass is 32.2. The van der Waals surface area contributed by atoms with Crippen LogP contribution in [0.5, 0.6) is 0 Å². The minimum atomic E-state index is -0.141. The number of hydrogen-bond donors (Lipinski definition) is 2. The Hall–Kier alpha value is -2.35. The standard InChI is InChI=1S/C24H31N5O2S/c1-29-15-26-28-23(29)32-14-21(30)27-20-4-2-3-19(10-20)22(31)25-6-5-24-11-16-7-17(12-24)9-18(8-16)13-24/h2-4,10,15-18H,5-9,11-14H2,1H3,(H,25,31)(H,27,30). The molecule has 170 valence electrons. The lowest BCUT2D eigenvalue weighted by Gasteiger charge is -2.57. The highest BCUT2D eigenvalue weighted by molar-refractivity contribution is 7.99. The second kappa shape index (κ2) is 8.89. The maximum Gasteiger partial charge on any atom is 0.251 e. The summed E-state index contributed by atoms with van der Waals surface area (Å²) in [5, 5.41) is 14.5. The molecule has 0 radical (unpaired) electrons. The van der Waals surface area contributed by atoms with E-state index in [1.165, 1.54) is 50.3 Å². The molecule has 6 rings (SSSR count). The van der Waals surface area contributed by atoms with Crippen LogP contribution in [0, 0.1) is 23.2 Å². The van der Waals surface area contributed by atoms with E-state index in [9.17, 15) is 9.59 Å². The van der Waals surface area contributed by atoms with E-state index >= 15 is 0 Å². The average molecular weight is 454 g/mol. The number of anilines is 1. The Balaban J connectivity index is 1.11. The van der Waals surface area contributed by atoms with Crippen LogP contribution < -0.4 is 10.6 Å². The quantitative estimate of drug-likeness (QED) is 0.592. The number of nitrogens with zero attached hydrogens (tertiary/aromatic N) is 3. The molecule has 0 spiro atoms. The molecule has 8 heteroatoms. The van der Waals surface area contributed by atoms with Crippen molar-refractivity contribution in [2.45, 2.75) is 50.1 Å². The molecule has 2 aromatic rings. The third-order valence-corrected chi connectivity index (χ3v) is 8.55. The van der Waals surface area contributed by atoms with E-state index in [2.05, 4.69) is 20.8 Å². The van der Waals surface area contributed by atoms with E-state index in [1.807, 2.05) is 7.05 Å². The summed E-state index contributed by atoms with van der Waals surface area (Å²) in [6.07, 6.45) is 11.1. The predicted molar refractivity (Wildman–Crippen MR) is 124 cm³/mol.